The van der Waals surface area contributed by atoms with Crippen molar-refractivity contribution in [3.05, 3.63) is 23.7 Å². The number of H-pyrrole nitrogens is 1. The average molecular weight is 234 g/mol. The zero-order valence-electron chi connectivity index (χ0n) is 9.26. The molecule has 0 atom stereocenters. The molecule has 0 aliphatic carbocycles. The Hall–Kier alpha value is -2.51. The number of aromatic nitrogens is 5. The highest BCUT2D eigenvalue weighted by Gasteiger charge is 2.11. The van der Waals surface area contributed by atoms with Gasteiger partial charge in [0.05, 0.1) is 13.3 Å². The highest BCUT2D eigenvalue weighted by atomic mass is 16.5. The highest BCUT2D eigenvalue weighted by molar-refractivity contribution is 6.01. The van der Waals surface area contributed by atoms with Crippen LogP contribution in [0.3, 0.4) is 0 Å². The van der Waals surface area contributed by atoms with Crippen LogP contribution in [-0.2, 0) is 0 Å². The monoisotopic (exact) mass is 234 g/mol. The lowest BCUT2D eigenvalue weighted by Gasteiger charge is -2.04. The molecule has 0 fully saturated rings. The van der Waals surface area contributed by atoms with Crippen LogP contribution in [0.1, 0.15) is 16.2 Å². The largest absolute Gasteiger partial charge is 0.481 e. The lowest BCUT2D eigenvalue weighted by molar-refractivity contribution is 0.102. The van der Waals surface area contributed by atoms with Crippen LogP contribution < -0.4 is 10.1 Å². The zero-order valence-corrected chi connectivity index (χ0v) is 9.26. The minimum absolute atomic E-state index is 0.161. The number of anilines is 1. The summed E-state index contributed by atoms with van der Waals surface area (Å²) in [7, 11) is 1.49. The van der Waals surface area contributed by atoms with Gasteiger partial charge in [0, 0.05) is 11.8 Å². The first-order valence-electron chi connectivity index (χ1n) is 4.76. The molecule has 8 nitrogen and oxygen atoms in total. The molecule has 0 spiro atoms. The first-order valence-corrected chi connectivity index (χ1v) is 4.76. The Morgan fingerprint density at radius 3 is 2.94 bits per heavy atom. The fraction of sp³-hybridized carbons (Fsp3) is 0.222. The molecule has 0 radical (unpaired) electrons. The molecule has 17 heavy (non-hydrogen) atoms. The van der Waals surface area contributed by atoms with Gasteiger partial charge in [-0.2, -0.15) is 20.4 Å². The van der Waals surface area contributed by atoms with Crippen LogP contribution in [0.5, 0.6) is 5.88 Å². The number of hydrogen-bond donors (Lipinski definition) is 2. The summed E-state index contributed by atoms with van der Waals surface area (Å²) in [5.74, 6) is 0.106. The summed E-state index contributed by atoms with van der Waals surface area (Å²) in [5.41, 5.74) is 0.848. The summed E-state index contributed by atoms with van der Waals surface area (Å²) in [6.45, 7) is 1.77. The van der Waals surface area contributed by atoms with Crippen LogP contribution in [0.2, 0.25) is 0 Å². The summed E-state index contributed by atoms with van der Waals surface area (Å²) in [5, 5.41) is 12.0. The zero-order chi connectivity index (χ0) is 12.3. The predicted octanol–water partition coefficient (Wildman–Crippen LogP) is 0.164. The van der Waals surface area contributed by atoms with E-state index in [1.807, 2.05) is 0 Å². The highest BCUT2D eigenvalue weighted by Crippen LogP contribution is 2.11. The van der Waals surface area contributed by atoms with Gasteiger partial charge in [0.1, 0.15) is 0 Å². The molecular formula is C9H10N6O2. The summed E-state index contributed by atoms with van der Waals surface area (Å²) < 4.78 is 4.97. The second kappa shape index (κ2) is 4.56. The number of nitrogens with zero attached hydrogens (tertiary/aromatic N) is 4. The first kappa shape index (κ1) is 11.0. The van der Waals surface area contributed by atoms with E-state index < -0.39 is 5.91 Å². The lowest BCUT2D eigenvalue weighted by Crippen LogP contribution is -2.15. The van der Waals surface area contributed by atoms with Gasteiger partial charge >= 0.3 is 0 Å². The van der Waals surface area contributed by atoms with Crippen molar-refractivity contribution in [3.8, 4) is 5.88 Å². The van der Waals surface area contributed by atoms with E-state index in [0.29, 0.717) is 11.6 Å². The Kier molecular flexibility index (Phi) is 2.95. The van der Waals surface area contributed by atoms with Crippen molar-refractivity contribution in [2.24, 2.45) is 0 Å². The number of amides is 1. The van der Waals surface area contributed by atoms with Crippen molar-refractivity contribution in [1.29, 1.82) is 0 Å². The number of rotatable bonds is 3. The molecule has 2 rings (SSSR count). The van der Waals surface area contributed by atoms with Crippen molar-refractivity contribution in [3.63, 3.8) is 0 Å². The van der Waals surface area contributed by atoms with Crippen molar-refractivity contribution < 1.29 is 9.53 Å². The minimum atomic E-state index is -0.439. The fourth-order valence-electron chi connectivity index (χ4n) is 1.18. The van der Waals surface area contributed by atoms with Crippen LogP contribution in [0.4, 0.5) is 5.95 Å². The maximum absolute atomic E-state index is 11.6. The molecule has 0 unspecified atom stereocenters. The van der Waals surface area contributed by atoms with Crippen LogP contribution >= 0.6 is 0 Å². The maximum atomic E-state index is 11.6. The van der Waals surface area contributed by atoms with Gasteiger partial charge in [-0.1, -0.05) is 0 Å². The molecule has 88 valence electrons. The van der Waals surface area contributed by atoms with Gasteiger partial charge in [-0.25, -0.2) is 4.98 Å². The van der Waals surface area contributed by atoms with Gasteiger partial charge in [0.2, 0.25) is 11.8 Å². The van der Waals surface area contributed by atoms with E-state index in [1.54, 1.807) is 13.0 Å². The van der Waals surface area contributed by atoms with E-state index in [4.69, 9.17) is 4.74 Å². The number of nitrogens with one attached hydrogen (secondary N) is 2. The number of aromatic amines is 1. The third-order valence-electron chi connectivity index (χ3n) is 1.91. The second-order valence-corrected chi connectivity index (χ2v) is 3.18. The summed E-state index contributed by atoms with van der Waals surface area (Å²) in [6.07, 6.45) is 1.31. The van der Waals surface area contributed by atoms with Gasteiger partial charge in [-0.05, 0) is 6.92 Å². The van der Waals surface area contributed by atoms with E-state index in [9.17, 15) is 4.79 Å². The molecule has 2 heterocycles. The van der Waals surface area contributed by atoms with E-state index in [0.717, 1.165) is 0 Å². The molecule has 0 saturated heterocycles. The molecule has 0 bridgehead atoms. The Labute approximate surface area is 96.4 Å². The molecule has 0 aliphatic heterocycles. The SMILES string of the molecule is COc1cc(C)nc(NC(=O)c2cn[nH]n2)n1. The molecule has 2 aromatic heterocycles. The molecular weight excluding hydrogens is 224 g/mol. The molecule has 2 N–H and O–H groups in total. The van der Waals surface area contributed by atoms with E-state index in [-0.39, 0.29) is 11.6 Å². The van der Waals surface area contributed by atoms with Crippen molar-refractivity contribution in [2.75, 3.05) is 12.4 Å². The third kappa shape index (κ3) is 2.54. The molecule has 2 aromatic rings. The van der Waals surface area contributed by atoms with Gasteiger partial charge in [0.15, 0.2) is 5.69 Å². The summed E-state index contributed by atoms with van der Waals surface area (Å²) in [6, 6.07) is 1.66. The van der Waals surface area contributed by atoms with Crippen molar-refractivity contribution in [1.82, 2.24) is 25.4 Å². The average Bonchev–Trinajstić information content (AvgIpc) is 2.81. The Morgan fingerprint density at radius 1 is 1.47 bits per heavy atom. The molecule has 0 aliphatic rings. The number of hydrogen-bond acceptors (Lipinski definition) is 6. The standard InChI is InChI=1S/C9H10N6O2/c1-5-3-7(17-2)12-9(11-5)13-8(16)6-4-10-15-14-6/h3-4H,1-2H3,(H,10,14,15)(H,11,12,13,16). The van der Waals surface area contributed by atoms with Crippen molar-refractivity contribution in [2.45, 2.75) is 6.92 Å². The Bertz CT molecular complexity index is 524. The number of aryl methyl sites for hydroxylation is 1. The molecule has 1 amide bonds. The normalized spacial score (nSPS) is 10.0. The van der Waals surface area contributed by atoms with Gasteiger partial charge < -0.3 is 4.74 Å². The van der Waals surface area contributed by atoms with Crippen LogP contribution in [0, 0.1) is 6.92 Å². The van der Waals surface area contributed by atoms with E-state index in [1.165, 1.54) is 13.3 Å². The van der Waals surface area contributed by atoms with Crippen LogP contribution in [0.15, 0.2) is 12.3 Å². The van der Waals surface area contributed by atoms with Gasteiger partial charge in [0.25, 0.3) is 5.91 Å². The van der Waals surface area contributed by atoms with E-state index >= 15 is 0 Å². The summed E-state index contributed by atoms with van der Waals surface area (Å²) in [4.78, 5) is 19.7. The minimum Gasteiger partial charge on any atom is -0.481 e. The van der Waals surface area contributed by atoms with Crippen LogP contribution in [0.25, 0.3) is 0 Å². The molecule has 0 aromatic carbocycles. The van der Waals surface area contributed by atoms with Crippen LogP contribution in [-0.4, -0.2) is 38.4 Å². The topological polar surface area (TPSA) is 106 Å². The van der Waals surface area contributed by atoms with Crippen molar-refractivity contribution >= 4 is 11.9 Å². The Morgan fingerprint density at radius 2 is 2.29 bits per heavy atom. The smallest absolute Gasteiger partial charge is 0.280 e. The number of methoxy groups -OCH3 is 1. The number of ether oxygens (including phenoxy) is 1. The quantitative estimate of drug-likeness (QED) is 0.783. The first-order chi connectivity index (χ1) is 8.19. The summed E-state index contributed by atoms with van der Waals surface area (Å²) >= 11 is 0. The third-order valence-corrected chi connectivity index (χ3v) is 1.91. The Balaban J connectivity index is 2.18. The molecule has 8 heteroatoms. The fourth-order valence-corrected chi connectivity index (χ4v) is 1.18. The van der Waals surface area contributed by atoms with E-state index in [2.05, 4.69) is 30.7 Å². The second-order valence-electron chi connectivity index (χ2n) is 3.18. The molecule has 0 saturated carbocycles. The number of carbonyl (C=O) groups excluding carboxylic acids is 1. The maximum Gasteiger partial charge on any atom is 0.280 e. The lowest BCUT2D eigenvalue weighted by atomic mass is 10.4. The number of carbonyl (C=O) groups is 1. The predicted molar refractivity (Wildman–Crippen MR) is 57.7 cm³/mol. The van der Waals surface area contributed by atoms with Gasteiger partial charge in [-0.15, -0.1) is 0 Å². The van der Waals surface area contributed by atoms with Gasteiger partial charge in [-0.3, -0.25) is 10.1 Å².